The summed E-state index contributed by atoms with van der Waals surface area (Å²) in [5, 5.41) is 8.62. The largest absolute Gasteiger partial charge is 0.494 e. The highest BCUT2D eigenvalue weighted by Crippen LogP contribution is 2.12. The number of rotatable bonds is 5. The number of benzene rings is 1. The number of ketones is 1. The Morgan fingerprint density at radius 1 is 1.36 bits per heavy atom. The van der Waals surface area contributed by atoms with E-state index >= 15 is 0 Å². The van der Waals surface area contributed by atoms with Gasteiger partial charge >= 0.3 is 0 Å². The Bertz CT molecular complexity index is 290. The van der Waals surface area contributed by atoms with Gasteiger partial charge in [0, 0.05) is 5.56 Å². The van der Waals surface area contributed by atoms with Gasteiger partial charge in [0.05, 0.1) is 6.61 Å². The summed E-state index contributed by atoms with van der Waals surface area (Å²) in [5.41, 5.74) is 0.511. The lowest BCUT2D eigenvalue weighted by Gasteiger charge is -2.04. The molecule has 0 aliphatic carbocycles. The number of Topliss-reactive ketones (excluding diaryl/α,β-unsaturated/α-hetero) is 1. The molecule has 3 nitrogen and oxygen atoms in total. The molecule has 1 N–H and O–H groups in total. The second kappa shape index (κ2) is 5.40. The van der Waals surface area contributed by atoms with Gasteiger partial charge < -0.3 is 9.84 Å². The zero-order valence-corrected chi connectivity index (χ0v) is 8.19. The number of hydrogen-bond acceptors (Lipinski definition) is 3. The first-order valence-corrected chi connectivity index (χ1v) is 4.65. The molecule has 14 heavy (non-hydrogen) atoms. The van der Waals surface area contributed by atoms with Gasteiger partial charge in [-0.15, -0.1) is 0 Å². The summed E-state index contributed by atoms with van der Waals surface area (Å²) < 4.78 is 5.35. The van der Waals surface area contributed by atoms with E-state index in [0.29, 0.717) is 12.2 Å². The van der Waals surface area contributed by atoms with E-state index in [4.69, 9.17) is 9.84 Å². The molecule has 0 amide bonds. The van der Waals surface area contributed by atoms with E-state index in [2.05, 4.69) is 0 Å². The Hall–Kier alpha value is -1.35. The van der Waals surface area contributed by atoms with E-state index < -0.39 is 6.61 Å². The van der Waals surface area contributed by atoms with E-state index in [0.717, 1.165) is 12.2 Å². The second-order valence-corrected chi connectivity index (χ2v) is 2.95. The molecule has 0 saturated carbocycles. The molecule has 3 heteroatoms. The van der Waals surface area contributed by atoms with Gasteiger partial charge in [0.1, 0.15) is 12.4 Å². The van der Waals surface area contributed by atoms with Crippen molar-refractivity contribution in [3.63, 3.8) is 0 Å². The molecule has 0 saturated heterocycles. The Morgan fingerprint density at radius 3 is 2.50 bits per heavy atom. The van der Waals surface area contributed by atoms with Gasteiger partial charge in [-0.2, -0.15) is 0 Å². The number of aliphatic hydroxyl groups is 1. The third-order valence-electron chi connectivity index (χ3n) is 1.79. The molecule has 0 unspecified atom stereocenters. The van der Waals surface area contributed by atoms with Gasteiger partial charge in [-0.1, -0.05) is 6.92 Å². The smallest absolute Gasteiger partial charge is 0.188 e. The molecule has 0 radical (unpaired) electrons. The first kappa shape index (κ1) is 10.7. The minimum atomic E-state index is -0.449. The van der Waals surface area contributed by atoms with Crippen molar-refractivity contribution < 1.29 is 14.6 Å². The lowest BCUT2D eigenvalue weighted by atomic mass is 10.1. The van der Waals surface area contributed by atoms with Crippen molar-refractivity contribution in [2.45, 2.75) is 13.3 Å². The maximum absolute atomic E-state index is 11.0. The first-order chi connectivity index (χ1) is 6.77. The zero-order valence-electron chi connectivity index (χ0n) is 8.19. The third kappa shape index (κ3) is 2.85. The summed E-state index contributed by atoms with van der Waals surface area (Å²) in [7, 11) is 0. The van der Waals surface area contributed by atoms with Crippen molar-refractivity contribution in [3.8, 4) is 5.75 Å². The van der Waals surface area contributed by atoms with Crippen LogP contribution < -0.4 is 4.74 Å². The molecule has 1 aromatic rings. The number of ether oxygens (including phenoxy) is 1. The standard InChI is InChI=1S/C11H14O3/c1-2-7-14-10-5-3-9(4-6-10)11(13)8-12/h3-6,12H,2,7-8H2,1H3. The fourth-order valence-electron chi connectivity index (χ4n) is 1.05. The average Bonchev–Trinajstić information content (AvgIpc) is 2.26. The van der Waals surface area contributed by atoms with Crippen molar-refractivity contribution in [2.24, 2.45) is 0 Å². The van der Waals surface area contributed by atoms with Crippen LogP contribution in [0, 0.1) is 0 Å². The third-order valence-corrected chi connectivity index (χ3v) is 1.79. The van der Waals surface area contributed by atoms with Crippen LogP contribution in [-0.4, -0.2) is 24.1 Å². The quantitative estimate of drug-likeness (QED) is 0.725. The molecule has 0 bridgehead atoms. The lowest BCUT2D eigenvalue weighted by Crippen LogP contribution is -2.04. The van der Waals surface area contributed by atoms with E-state index in [1.807, 2.05) is 6.92 Å². The van der Waals surface area contributed by atoms with E-state index in [1.165, 1.54) is 0 Å². The summed E-state index contributed by atoms with van der Waals surface area (Å²) in [5.74, 6) is 0.480. The molecule has 0 spiro atoms. The molecule has 1 aromatic carbocycles. The first-order valence-electron chi connectivity index (χ1n) is 4.65. The second-order valence-electron chi connectivity index (χ2n) is 2.95. The monoisotopic (exact) mass is 194 g/mol. The maximum Gasteiger partial charge on any atom is 0.188 e. The zero-order chi connectivity index (χ0) is 10.4. The summed E-state index contributed by atoms with van der Waals surface area (Å²) in [4.78, 5) is 11.0. The predicted molar refractivity (Wildman–Crippen MR) is 53.6 cm³/mol. The molecule has 0 heterocycles. The normalized spacial score (nSPS) is 9.86. The van der Waals surface area contributed by atoms with Crippen molar-refractivity contribution in [1.82, 2.24) is 0 Å². The molecule has 1 rings (SSSR count). The maximum atomic E-state index is 11.0. The summed E-state index contributed by atoms with van der Waals surface area (Å²) in [6.07, 6.45) is 0.956. The van der Waals surface area contributed by atoms with Crippen LogP contribution >= 0.6 is 0 Å². The Labute approximate surface area is 83.3 Å². The highest BCUT2D eigenvalue weighted by Gasteiger charge is 2.03. The summed E-state index contributed by atoms with van der Waals surface area (Å²) in [6, 6.07) is 6.78. The van der Waals surface area contributed by atoms with Crippen LogP contribution in [0.3, 0.4) is 0 Å². The van der Waals surface area contributed by atoms with Crippen molar-refractivity contribution in [3.05, 3.63) is 29.8 Å². The van der Waals surface area contributed by atoms with Gasteiger partial charge in [-0.25, -0.2) is 0 Å². The van der Waals surface area contributed by atoms with E-state index in [9.17, 15) is 4.79 Å². The molecule has 76 valence electrons. The van der Waals surface area contributed by atoms with Crippen LogP contribution in [0.1, 0.15) is 23.7 Å². The molecular formula is C11H14O3. The van der Waals surface area contributed by atoms with Gasteiger partial charge in [0.15, 0.2) is 5.78 Å². The van der Waals surface area contributed by atoms with Gasteiger partial charge in [-0.3, -0.25) is 4.79 Å². The van der Waals surface area contributed by atoms with Gasteiger partial charge in [0.2, 0.25) is 0 Å². The number of carbonyl (C=O) groups is 1. The minimum Gasteiger partial charge on any atom is -0.494 e. The van der Waals surface area contributed by atoms with Crippen LogP contribution in [0.2, 0.25) is 0 Å². The predicted octanol–water partition coefficient (Wildman–Crippen LogP) is 1.65. The average molecular weight is 194 g/mol. The lowest BCUT2D eigenvalue weighted by molar-refractivity contribution is 0.0903. The number of aliphatic hydroxyl groups excluding tert-OH is 1. The van der Waals surface area contributed by atoms with Crippen molar-refractivity contribution in [1.29, 1.82) is 0 Å². The molecule has 0 atom stereocenters. The van der Waals surface area contributed by atoms with Crippen LogP contribution in [0.4, 0.5) is 0 Å². The number of carbonyl (C=O) groups excluding carboxylic acids is 1. The van der Waals surface area contributed by atoms with E-state index in [1.54, 1.807) is 24.3 Å². The van der Waals surface area contributed by atoms with Crippen molar-refractivity contribution in [2.75, 3.05) is 13.2 Å². The van der Waals surface area contributed by atoms with Crippen LogP contribution in [0.15, 0.2) is 24.3 Å². The van der Waals surface area contributed by atoms with Crippen LogP contribution in [-0.2, 0) is 0 Å². The van der Waals surface area contributed by atoms with Crippen LogP contribution in [0.5, 0.6) is 5.75 Å². The summed E-state index contributed by atoms with van der Waals surface area (Å²) in [6.45, 7) is 2.26. The Balaban J connectivity index is 2.63. The van der Waals surface area contributed by atoms with Crippen molar-refractivity contribution >= 4 is 5.78 Å². The number of hydrogen-bond donors (Lipinski definition) is 1. The molecule has 0 aliphatic rings. The highest BCUT2D eigenvalue weighted by molar-refractivity contribution is 5.96. The van der Waals surface area contributed by atoms with E-state index in [-0.39, 0.29) is 5.78 Å². The van der Waals surface area contributed by atoms with Gasteiger partial charge in [0.25, 0.3) is 0 Å². The van der Waals surface area contributed by atoms with Crippen LogP contribution in [0.25, 0.3) is 0 Å². The molecule has 0 aliphatic heterocycles. The van der Waals surface area contributed by atoms with Gasteiger partial charge in [-0.05, 0) is 30.7 Å². The SMILES string of the molecule is CCCOc1ccc(C(=O)CO)cc1. The fraction of sp³-hybridized carbons (Fsp3) is 0.364. The fourth-order valence-corrected chi connectivity index (χ4v) is 1.05. The minimum absolute atomic E-state index is 0.271. The topological polar surface area (TPSA) is 46.5 Å². The summed E-state index contributed by atoms with van der Waals surface area (Å²) >= 11 is 0. The molecule has 0 aromatic heterocycles. The Kier molecular flexibility index (Phi) is 4.13. The highest BCUT2D eigenvalue weighted by atomic mass is 16.5. The molecular weight excluding hydrogens is 180 g/mol. The Morgan fingerprint density at radius 2 is 2.00 bits per heavy atom. The molecule has 0 fully saturated rings.